The fraction of sp³-hybridized carbons (Fsp3) is 0.286. The fourth-order valence-corrected chi connectivity index (χ4v) is 2.40. The molecule has 3 heterocycles. The third-order valence-corrected chi connectivity index (χ3v) is 3.42. The van der Waals surface area contributed by atoms with E-state index in [1.54, 1.807) is 6.20 Å². The Kier molecular flexibility index (Phi) is 3.18. The van der Waals surface area contributed by atoms with Gasteiger partial charge in [-0.1, -0.05) is 0 Å². The minimum absolute atomic E-state index is 0.750. The van der Waals surface area contributed by atoms with Crippen LogP contribution in [-0.2, 0) is 0 Å². The molecule has 0 atom stereocenters. The van der Waals surface area contributed by atoms with Crippen molar-refractivity contribution in [3.05, 3.63) is 42.9 Å². The first-order valence-electron chi connectivity index (χ1n) is 6.45. The molecule has 2 aromatic heterocycles. The molecule has 5 heteroatoms. The quantitative estimate of drug-likeness (QED) is 0.878. The average molecular weight is 255 g/mol. The maximum absolute atomic E-state index is 5.97. The summed E-state index contributed by atoms with van der Waals surface area (Å²) in [7, 11) is 0. The summed E-state index contributed by atoms with van der Waals surface area (Å²) < 4.78 is 0. The Morgan fingerprint density at radius 3 is 2.26 bits per heavy atom. The maximum Gasteiger partial charge on any atom is 0.151 e. The molecule has 1 aliphatic heterocycles. The number of nitrogens with zero attached hydrogens (tertiary/aromatic N) is 4. The van der Waals surface area contributed by atoms with Gasteiger partial charge in [0.1, 0.15) is 0 Å². The zero-order valence-electron chi connectivity index (χ0n) is 10.7. The highest BCUT2D eigenvalue weighted by atomic mass is 15.3. The fourth-order valence-electron chi connectivity index (χ4n) is 2.40. The van der Waals surface area contributed by atoms with E-state index in [4.69, 9.17) is 5.73 Å². The second kappa shape index (κ2) is 5.14. The minimum atomic E-state index is 0.750. The van der Waals surface area contributed by atoms with Gasteiger partial charge in [0.2, 0.25) is 0 Å². The molecule has 2 aromatic rings. The van der Waals surface area contributed by atoms with Gasteiger partial charge in [-0.15, -0.1) is 0 Å². The summed E-state index contributed by atoms with van der Waals surface area (Å²) in [4.78, 5) is 13.0. The lowest BCUT2D eigenvalue weighted by molar-refractivity contribution is 0.648. The molecule has 0 spiro atoms. The predicted molar refractivity (Wildman–Crippen MR) is 77.3 cm³/mol. The van der Waals surface area contributed by atoms with Crippen molar-refractivity contribution in [1.29, 1.82) is 0 Å². The molecule has 19 heavy (non-hydrogen) atoms. The highest BCUT2D eigenvalue weighted by Crippen LogP contribution is 2.22. The molecular weight excluding hydrogens is 238 g/mol. The maximum atomic E-state index is 5.97. The molecule has 0 aromatic carbocycles. The van der Waals surface area contributed by atoms with Gasteiger partial charge in [-0.2, -0.15) is 0 Å². The summed E-state index contributed by atoms with van der Waals surface area (Å²) in [5.41, 5.74) is 7.95. The molecule has 0 aliphatic carbocycles. The van der Waals surface area contributed by atoms with Crippen molar-refractivity contribution in [2.75, 3.05) is 41.7 Å². The summed E-state index contributed by atoms with van der Waals surface area (Å²) in [5, 5.41) is 0. The van der Waals surface area contributed by atoms with Gasteiger partial charge in [0.15, 0.2) is 5.82 Å². The van der Waals surface area contributed by atoms with E-state index < -0.39 is 0 Å². The molecule has 5 nitrogen and oxygen atoms in total. The van der Waals surface area contributed by atoms with Gasteiger partial charge in [-0.3, -0.25) is 4.98 Å². The molecule has 3 rings (SSSR count). The van der Waals surface area contributed by atoms with Gasteiger partial charge >= 0.3 is 0 Å². The van der Waals surface area contributed by atoms with Gasteiger partial charge < -0.3 is 15.5 Å². The number of nitrogens with two attached hydrogens (primary N) is 1. The Bertz CT molecular complexity index is 535. The van der Waals surface area contributed by atoms with Crippen LogP contribution in [0.1, 0.15) is 0 Å². The molecule has 1 saturated heterocycles. The van der Waals surface area contributed by atoms with Crippen molar-refractivity contribution < 1.29 is 0 Å². The number of rotatable bonds is 2. The number of hydrogen-bond donors (Lipinski definition) is 1. The van der Waals surface area contributed by atoms with E-state index >= 15 is 0 Å². The molecule has 0 radical (unpaired) electrons. The summed E-state index contributed by atoms with van der Waals surface area (Å²) in [5.74, 6) is 0.900. The first-order chi connectivity index (χ1) is 9.34. The molecule has 0 bridgehead atoms. The van der Waals surface area contributed by atoms with Gasteiger partial charge in [0.05, 0.1) is 5.69 Å². The second-order valence-electron chi connectivity index (χ2n) is 4.60. The van der Waals surface area contributed by atoms with E-state index in [9.17, 15) is 0 Å². The smallest absolute Gasteiger partial charge is 0.151 e. The number of pyridine rings is 2. The molecule has 1 fully saturated rings. The van der Waals surface area contributed by atoms with E-state index in [-0.39, 0.29) is 0 Å². The third-order valence-electron chi connectivity index (χ3n) is 3.42. The standard InChI is InChI=1S/C14H17N5/c15-13-2-1-5-17-14(13)19-10-8-18(9-11-19)12-3-6-16-7-4-12/h1-7H,8-11,15H2. The highest BCUT2D eigenvalue weighted by molar-refractivity contribution is 5.63. The van der Waals surface area contributed by atoms with Crippen molar-refractivity contribution in [3.63, 3.8) is 0 Å². The topological polar surface area (TPSA) is 58.3 Å². The molecule has 0 unspecified atom stereocenters. The van der Waals surface area contributed by atoms with Crippen LogP contribution in [-0.4, -0.2) is 36.1 Å². The second-order valence-corrected chi connectivity index (χ2v) is 4.60. The van der Waals surface area contributed by atoms with Crippen molar-refractivity contribution >= 4 is 17.2 Å². The summed E-state index contributed by atoms with van der Waals surface area (Å²) in [6, 6.07) is 7.86. The summed E-state index contributed by atoms with van der Waals surface area (Å²) in [6.07, 6.45) is 5.46. The molecule has 98 valence electrons. The Labute approximate surface area is 112 Å². The number of aromatic nitrogens is 2. The van der Waals surface area contributed by atoms with Crippen LogP contribution in [0.3, 0.4) is 0 Å². The first-order valence-corrected chi connectivity index (χ1v) is 6.45. The van der Waals surface area contributed by atoms with Gasteiger partial charge in [0, 0.05) is 50.5 Å². The first kappa shape index (κ1) is 11.8. The van der Waals surface area contributed by atoms with Gasteiger partial charge in [0.25, 0.3) is 0 Å². The summed E-state index contributed by atoms with van der Waals surface area (Å²) in [6.45, 7) is 3.81. The van der Waals surface area contributed by atoms with E-state index in [0.717, 1.165) is 37.7 Å². The van der Waals surface area contributed by atoms with Crippen LogP contribution in [0.4, 0.5) is 17.2 Å². The zero-order chi connectivity index (χ0) is 13.1. The lowest BCUT2D eigenvalue weighted by Gasteiger charge is -2.37. The minimum Gasteiger partial charge on any atom is -0.396 e. The van der Waals surface area contributed by atoms with Crippen molar-refractivity contribution in [1.82, 2.24) is 9.97 Å². The van der Waals surface area contributed by atoms with E-state index in [0.29, 0.717) is 0 Å². The largest absolute Gasteiger partial charge is 0.396 e. The van der Waals surface area contributed by atoms with Gasteiger partial charge in [-0.25, -0.2) is 4.98 Å². The van der Waals surface area contributed by atoms with E-state index in [2.05, 4.69) is 19.8 Å². The number of piperazine rings is 1. The average Bonchev–Trinajstić information content (AvgIpc) is 2.49. The van der Waals surface area contributed by atoms with Crippen LogP contribution in [0.15, 0.2) is 42.9 Å². The zero-order valence-corrected chi connectivity index (χ0v) is 10.7. The van der Waals surface area contributed by atoms with Crippen LogP contribution in [0.25, 0.3) is 0 Å². The van der Waals surface area contributed by atoms with Crippen LogP contribution >= 0.6 is 0 Å². The van der Waals surface area contributed by atoms with E-state index in [1.807, 2.05) is 36.7 Å². The highest BCUT2D eigenvalue weighted by Gasteiger charge is 2.19. The van der Waals surface area contributed by atoms with Gasteiger partial charge in [-0.05, 0) is 24.3 Å². The van der Waals surface area contributed by atoms with Crippen LogP contribution in [0.2, 0.25) is 0 Å². The van der Waals surface area contributed by atoms with Crippen molar-refractivity contribution in [2.45, 2.75) is 0 Å². The third kappa shape index (κ3) is 2.45. The molecule has 0 saturated carbocycles. The number of hydrogen-bond acceptors (Lipinski definition) is 5. The number of nitrogen functional groups attached to an aromatic ring is 1. The van der Waals surface area contributed by atoms with Crippen molar-refractivity contribution in [2.24, 2.45) is 0 Å². The van der Waals surface area contributed by atoms with Crippen molar-refractivity contribution in [3.8, 4) is 0 Å². The summed E-state index contributed by atoms with van der Waals surface area (Å²) >= 11 is 0. The Morgan fingerprint density at radius 1 is 0.895 bits per heavy atom. The van der Waals surface area contributed by atoms with E-state index in [1.165, 1.54) is 5.69 Å². The van der Waals surface area contributed by atoms with Crippen LogP contribution in [0, 0.1) is 0 Å². The number of anilines is 3. The molecule has 1 aliphatic rings. The van der Waals surface area contributed by atoms with Crippen LogP contribution in [0.5, 0.6) is 0 Å². The lowest BCUT2D eigenvalue weighted by Crippen LogP contribution is -2.47. The molecular formula is C14H17N5. The lowest BCUT2D eigenvalue weighted by atomic mass is 10.2. The monoisotopic (exact) mass is 255 g/mol. The SMILES string of the molecule is Nc1cccnc1N1CCN(c2ccncc2)CC1. The molecule has 2 N–H and O–H groups in total. The Morgan fingerprint density at radius 2 is 1.58 bits per heavy atom. The van der Waals surface area contributed by atoms with Crippen LogP contribution < -0.4 is 15.5 Å². The predicted octanol–water partition coefficient (Wildman–Crippen LogP) is 1.39. The normalized spacial score (nSPS) is 15.6. The molecule has 0 amide bonds. The Hall–Kier alpha value is -2.30. The Balaban J connectivity index is 1.69.